The Bertz CT molecular complexity index is 860. The van der Waals surface area contributed by atoms with Crippen LogP contribution in [0.25, 0.3) is 11.1 Å². The highest BCUT2D eigenvalue weighted by Gasteiger charge is 2.52. The van der Waals surface area contributed by atoms with Crippen LogP contribution in [0.5, 0.6) is 0 Å². The van der Waals surface area contributed by atoms with E-state index in [1.165, 1.54) is 12.1 Å². The Balaban J connectivity index is 1.96. The molecule has 6 nitrogen and oxygen atoms in total. The average Bonchev–Trinajstić information content (AvgIpc) is 3.45. The summed E-state index contributed by atoms with van der Waals surface area (Å²) in [6.07, 6.45) is -0.481. The highest BCUT2D eigenvalue weighted by atomic mass is 32.2. The molecule has 1 heterocycles. The predicted molar refractivity (Wildman–Crippen MR) is 92.4 cm³/mol. The fourth-order valence-electron chi connectivity index (χ4n) is 2.67. The number of carbonyl (C=O) groups excluding carboxylic acids is 1. The van der Waals surface area contributed by atoms with E-state index in [2.05, 4.69) is 4.74 Å². The molecule has 7 heteroatoms. The first-order valence-electron chi connectivity index (χ1n) is 7.77. The van der Waals surface area contributed by atoms with Gasteiger partial charge in [-0.1, -0.05) is 42.5 Å². The number of hydrogen-bond acceptors (Lipinski definition) is 6. The van der Waals surface area contributed by atoms with Crippen LogP contribution in [0.1, 0.15) is 6.42 Å². The number of epoxide rings is 1. The zero-order chi connectivity index (χ0) is 18.1. The van der Waals surface area contributed by atoms with Crippen molar-refractivity contribution in [2.24, 2.45) is 5.73 Å². The minimum atomic E-state index is -4.14. The summed E-state index contributed by atoms with van der Waals surface area (Å²) in [6, 6.07) is 15.8. The zero-order valence-electron chi connectivity index (χ0n) is 13.7. The van der Waals surface area contributed by atoms with E-state index < -0.39 is 20.7 Å². The van der Waals surface area contributed by atoms with E-state index in [0.717, 1.165) is 18.2 Å². The maximum atomic E-state index is 13.0. The highest BCUT2D eigenvalue weighted by molar-refractivity contribution is 7.93. The molecule has 2 aromatic carbocycles. The Labute approximate surface area is 146 Å². The van der Waals surface area contributed by atoms with E-state index in [9.17, 15) is 13.2 Å². The summed E-state index contributed by atoms with van der Waals surface area (Å²) in [5.74, 6) is -0.991. The van der Waals surface area contributed by atoms with Gasteiger partial charge in [0.2, 0.25) is 14.7 Å². The van der Waals surface area contributed by atoms with Crippen LogP contribution in [-0.4, -0.2) is 39.1 Å². The van der Waals surface area contributed by atoms with Crippen molar-refractivity contribution in [2.75, 3.05) is 13.7 Å². The summed E-state index contributed by atoms with van der Waals surface area (Å²) in [4.78, 5) is 9.93. The minimum Gasteiger partial charge on any atom is -0.467 e. The Morgan fingerprint density at radius 1 is 1.16 bits per heavy atom. The summed E-state index contributed by atoms with van der Waals surface area (Å²) in [6.45, 7) is 0.387. The molecular weight excluding hydrogens is 342 g/mol. The summed E-state index contributed by atoms with van der Waals surface area (Å²) >= 11 is 0. The van der Waals surface area contributed by atoms with Crippen molar-refractivity contribution in [3.05, 3.63) is 54.6 Å². The predicted octanol–water partition coefficient (Wildman–Crippen LogP) is 1.74. The van der Waals surface area contributed by atoms with E-state index in [1.54, 1.807) is 12.1 Å². The molecule has 0 saturated carbocycles. The van der Waals surface area contributed by atoms with Gasteiger partial charge in [-0.25, -0.2) is 13.2 Å². The largest absolute Gasteiger partial charge is 0.467 e. The molecule has 1 aliphatic heterocycles. The molecule has 0 aromatic heterocycles. The third kappa shape index (κ3) is 3.30. The van der Waals surface area contributed by atoms with Crippen molar-refractivity contribution < 1.29 is 22.7 Å². The molecule has 2 N–H and O–H groups in total. The van der Waals surface area contributed by atoms with Crippen LogP contribution >= 0.6 is 0 Å². The third-order valence-electron chi connectivity index (χ3n) is 4.22. The molecule has 1 fully saturated rings. The lowest BCUT2D eigenvalue weighted by Gasteiger charge is -2.25. The van der Waals surface area contributed by atoms with Crippen molar-refractivity contribution in [2.45, 2.75) is 22.3 Å². The number of methoxy groups -OCH3 is 1. The number of nitrogens with two attached hydrogens (primary N) is 1. The zero-order valence-corrected chi connectivity index (χ0v) is 14.5. The molecule has 0 spiro atoms. The van der Waals surface area contributed by atoms with E-state index in [4.69, 9.17) is 10.5 Å². The first kappa shape index (κ1) is 17.6. The molecule has 25 heavy (non-hydrogen) atoms. The van der Waals surface area contributed by atoms with Crippen LogP contribution in [0.15, 0.2) is 59.5 Å². The molecule has 3 rings (SSSR count). The Kier molecular flexibility index (Phi) is 4.64. The number of sulfone groups is 1. The maximum absolute atomic E-state index is 13.0. The van der Waals surface area contributed by atoms with E-state index in [1.807, 2.05) is 30.3 Å². The maximum Gasteiger partial charge on any atom is 0.342 e. The van der Waals surface area contributed by atoms with E-state index in [-0.39, 0.29) is 17.4 Å². The van der Waals surface area contributed by atoms with E-state index in [0.29, 0.717) is 6.61 Å². The summed E-state index contributed by atoms with van der Waals surface area (Å²) in [5, 5.41) is 0. The Morgan fingerprint density at radius 2 is 1.72 bits per heavy atom. The molecule has 132 valence electrons. The molecule has 2 unspecified atom stereocenters. The molecule has 0 amide bonds. The van der Waals surface area contributed by atoms with Crippen LogP contribution < -0.4 is 5.73 Å². The lowest BCUT2D eigenvalue weighted by atomic mass is 10.1. The number of carbonyl (C=O) groups is 1. The van der Waals surface area contributed by atoms with Crippen LogP contribution in [0.2, 0.25) is 0 Å². The smallest absolute Gasteiger partial charge is 0.342 e. The van der Waals surface area contributed by atoms with Gasteiger partial charge in [-0.2, -0.15) is 0 Å². The molecule has 2 atom stereocenters. The SMILES string of the molecule is COC(=O)C(N)(CC1CO1)S(=O)(=O)c1ccc(-c2ccccc2)cc1. The Morgan fingerprint density at radius 3 is 2.24 bits per heavy atom. The van der Waals surface area contributed by atoms with Gasteiger partial charge in [0.25, 0.3) is 0 Å². The summed E-state index contributed by atoms with van der Waals surface area (Å²) in [7, 11) is -3.03. The second-order valence-corrected chi connectivity index (χ2v) is 8.14. The first-order valence-corrected chi connectivity index (χ1v) is 9.26. The Hall–Kier alpha value is -2.22. The van der Waals surface area contributed by atoms with Gasteiger partial charge in [0.1, 0.15) is 0 Å². The number of hydrogen-bond donors (Lipinski definition) is 1. The van der Waals surface area contributed by atoms with Gasteiger partial charge in [0.05, 0.1) is 24.7 Å². The lowest BCUT2D eigenvalue weighted by molar-refractivity contribution is -0.144. The van der Waals surface area contributed by atoms with Crippen molar-refractivity contribution >= 4 is 15.8 Å². The van der Waals surface area contributed by atoms with Crippen molar-refractivity contribution in [1.29, 1.82) is 0 Å². The van der Waals surface area contributed by atoms with Gasteiger partial charge in [-0.3, -0.25) is 0 Å². The molecule has 0 bridgehead atoms. The normalized spacial score (nSPS) is 19.0. The van der Waals surface area contributed by atoms with Gasteiger partial charge < -0.3 is 15.2 Å². The molecule has 1 saturated heterocycles. The number of benzene rings is 2. The topological polar surface area (TPSA) is 99.0 Å². The molecule has 1 aliphatic rings. The molecule has 0 radical (unpaired) electrons. The second-order valence-electron chi connectivity index (χ2n) is 5.93. The fourth-order valence-corrected chi connectivity index (χ4v) is 4.29. The van der Waals surface area contributed by atoms with Crippen LogP contribution in [0, 0.1) is 0 Å². The quantitative estimate of drug-likeness (QED) is 0.621. The molecule has 0 aliphatic carbocycles. The van der Waals surface area contributed by atoms with Gasteiger partial charge >= 0.3 is 5.97 Å². The first-order chi connectivity index (χ1) is 11.9. The second kappa shape index (κ2) is 6.59. The summed E-state index contributed by atoms with van der Waals surface area (Å²) in [5.41, 5.74) is 7.84. The molecule has 2 aromatic rings. The van der Waals surface area contributed by atoms with Crippen molar-refractivity contribution in [1.82, 2.24) is 0 Å². The molecular formula is C18H19NO5S. The van der Waals surface area contributed by atoms with Gasteiger partial charge in [0, 0.05) is 6.42 Å². The highest BCUT2D eigenvalue weighted by Crippen LogP contribution is 2.32. The third-order valence-corrected chi connectivity index (χ3v) is 6.40. The van der Waals surface area contributed by atoms with Crippen LogP contribution in [0.3, 0.4) is 0 Å². The van der Waals surface area contributed by atoms with Gasteiger partial charge in [0.15, 0.2) is 0 Å². The number of esters is 1. The monoisotopic (exact) mass is 361 g/mol. The van der Waals surface area contributed by atoms with Crippen molar-refractivity contribution in [3.8, 4) is 11.1 Å². The van der Waals surface area contributed by atoms with Gasteiger partial charge in [-0.15, -0.1) is 0 Å². The van der Waals surface area contributed by atoms with E-state index >= 15 is 0 Å². The minimum absolute atomic E-state index is 0.0271. The lowest BCUT2D eigenvalue weighted by Crippen LogP contribution is -2.56. The van der Waals surface area contributed by atoms with Crippen LogP contribution in [0.4, 0.5) is 0 Å². The average molecular weight is 361 g/mol. The summed E-state index contributed by atoms with van der Waals surface area (Å²) < 4.78 is 35.7. The van der Waals surface area contributed by atoms with Gasteiger partial charge in [-0.05, 0) is 23.3 Å². The van der Waals surface area contributed by atoms with Crippen LogP contribution in [-0.2, 0) is 24.1 Å². The standard InChI is InChI=1S/C18H19NO5S/c1-23-17(20)18(19,11-15-12-24-15)25(21,22)16-9-7-14(8-10-16)13-5-3-2-4-6-13/h2-10,15H,11-12,19H2,1H3. The number of rotatable bonds is 6. The number of ether oxygens (including phenoxy) is 2. The van der Waals surface area contributed by atoms with Crippen molar-refractivity contribution in [3.63, 3.8) is 0 Å². The fraction of sp³-hybridized carbons (Fsp3) is 0.278.